The van der Waals surface area contributed by atoms with Gasteiger partial charge >= 0.3 is 0 Å². The van der Waals surface area contributed by atoms with Gasteiger partial charge in [0, 0.05) is 36.6 Å². The van der Waals surface area contributed by atoms with Crippen molar-refractivity contribution in [1.82, 2.24) is 19.9 Å². The molecule has 1 aliphatic heterocycles. The first-order valence-corrected chi connectivity index (χ1v) is 8.66. The van der Waals surface area contributed by atoms with Crippen molar-refractivity contribution in [2.24, 2.45) is 5.41 Å². The molecule has 0 unspecified atom stereocenters. The number of aryl methyl sites for hydroxylation is 1. The van der Waals surface area contributed by atoms with Crippen LogP contribution in [0.1, 0.15) is 32.5 Å². The summed E-state index contributed by atoms with van der Waals surface area (Å²) in [5.74, 6) is 1.66. The number of anilines is 1. The van der Waals surface area contributed by atoms with Crippen molar-refractivity contribution in [3.8, 4) is 11.3 Å². The van der Waals surface area contributed by atoms with Crippen LogP contribution in [0.25, 0.3) is 11.3 Å². The molecule has 0 saturated carbocycles. The van der Waals surface area contributed by atoms with Crippen LogP contribution in [0.15, 0.2) is 30.6 Å². The molecule has 0 bridgehead atoms. The van der Waals surface area contributed by atoms with Crippen LogP contribution < -0.4 is 5.32 Å². The quantitative estimate of drug-likeness (QED) is 0.934. The lowest BCUT2D eigenvalue weighted by atomic mass is 9.76. The van der Waals surface area contributed by atoms with E-state index >= 15 is 0 Å². The number of hydrogen-bond acceptors (Lipinski definition) is 5. The van der Waals surface area contributed by atoms with Gasteiger partial charge in [0.25, 0.3) is 0 Å². The summed E-state index contributed by atoms with van der Waals surface area (Å²) in [6.45, 7) is 8.72. The Morgan fingerprint density at radius 1 is 1.33 bits per heavy atom. The number of aromatic nitrogens is 3. The van der Waals surface area contributed by atoms with Gasteiger partial charge in [0.15, 0.2) is 0 Å². The summed E-state index contributed by atoms with van der Waals surface area (Å²) in [6.07, 6.45) is 6.16. The van der Waals surface area contributed by atoms with Crippen LogP contribution in [0, 0.1) is 12.3 Å². The van der Waals surface area contributed by atoms with Gasteiger partial charge in [0.2, 0.25) is 0 Å². The lowest BCUT2D eigenvalue weighted by Gasteiger charge is -2.45. The summed E-state index contributed by atoms with van der Waals surface area (Å²) in [5.41, 5.74) is 2.24. The second-order valence-electron chi connectivity index (χ2n) is 7.40. The van der Waals surface area contributed by atoms with Gasteiger partial charge in [-0.15, -0.1) is 0 Å². The predicted molar refractivity (Wildman–Crippen MR) is 97.9 cm³/mol. The summed E-state index contributed by atoms with van der Waals surface area (Å²) < 4.78 is 0. The molecule has 0 aromatic carbocycles. The Morgan fingerprint density at radius 2 is 2.17 bits per heavy atom. The van der Waals surface area contributed by atoms with E-state index in [1.54, 1.807) is 6.20 Å². The summed E-state index contributed by atoms with van der Waals surface area (Å²) in [5, 5.41) is 3.54. The number of pyridine rings is 1. The van der Waals surface area contributed by atoms with Gasteiger partial charge in [0.05, 0.1) is 5.69 Å². The van der Waals surface area contributed by atoms with E-state index in [0.29, 0.717) is 11.5 Å². The summed E-state index contributed by atoms with van der Waals surface area (Å²) in [7, 11) is 2.22. The van der Waals surface area contributed by atoms with Crippen molar-refractivity contribution < 1.29 is 0 Å². The SMILES string of the molecule is Cc1nc(NC[C@@H]2N(C)CCCC2(C)C)cc(-c2cccnc2)n1. The minimum Gasteiger partial charge on any atom is -0.368 e. The molecule has 2 aromatic rings. The fraction of sp³-hybridized carbons (Fsp3) is 0.526. The summed E-state index contributed by atoms with van der Waals surface area (Å²) in [6, 6.07) is 6.47. The van der Waals surface area contributed by atoms with Crippen LogP contribution >= 0.6 is 0 Å². The standard InChI is InChI=1S/C19H27N5/c1-14-22-16(15-7-5-9-20-12-15)11-18(23-14)21-13-17-19(2,3)8-6-10-24(17)4/h5,7,9,11-12,17H,6,8,10,13H2,1-4H3,(H,21,22,23)/t17-/m0/s1. The van der Waals surface area contributed by atoms with Crippen LogP contribution in [0.2, 0.25) is 0 Å². The van der Waals surface area contributed by atoms with E-state index in [1.165, 1.54) is 19.4 Å². The summed E-state index contributed by atoms with van der Waals surface area (Å²) in [4.78, 5) is 15.7. The predicted octanol–water partition coefficient (Wildman–Crippen LogP) is 3.38. The highest BCUT2D eigenvalue weighted by molar-refractivity contribution is 5.61. The zero-order chi connectivity index (χ0) is 17.2. The van der Waals surface area contributed by atoms with Crippen molar-refractivity contribution in [2.75, 3.05) is 25.5 Å². The molecule has 5 nitrogen and oxygen atoms in total. The Labute approximate surface area is 144 Å². The number of nitrogens with zero attached hydrogens (tertiary/aromatic N) is 4. The number of rotatable bonds is 4. The normalized spacial score (nSPS) is 20.8. The van der Waals surface area contributed by atoms with Gasteiger partial charge in [-0.3, -0.25) is 4.98 Å². The molecule has 1 fully saturated rings. The van der Waals surface area contributed by atoms with Crippen LogP contribution in [-0.4, -0.2) is 46.0 Å². The Morgan fingerprint density at radius 3 is 2.88 bits per heavy atom. The van der Waals surface area contributed by atoms with Crippen molar-refractivity contribution in [1.29, 1.82) is 0 Å². The molecular weight excluding hydrogens is 298 g/mol. The maximum absolute atomic E-state index is 4.56. The third kappa shape index (κ3) is 3.73. The second kappa shape index (κ2) is 6.85. The lowest BCUT2D eigenvalue weighted by Crippen LogP contribution is -2.51. The molecule has 3 rings (SSSR count). The molecule has 128 valence electrons. The highest BCUT2D eigenvalue weighted by Crippen LogP contribution is 2.34. The van der Waals surface area contributed by atoms with Crippen molar-refractivity contribution in [3.05, 3.63) is 36.4 Å². The van der Waals surface area contributed by atoms with Gasteiger partial charge in [-0.25, -0.2) is 9.97 Å². The maximum atomic E-state index is 4.56. The lowest BCUT2D eigenvalue weighted by molar-refractivity contribution is 0.0671. The van der Waals surface area contributed by atoms with Gasteiger partial charge in [-0.1, -0.05) is 13.8 Å². The Balaban J connectivity index is 1.77. The smallest absolute Gasteiger partial charge is 0.130 e. The molecule has 0 radical (unpaired) electrons. The minimum atomic E-state index is 0.314. The number of piperidine rings is 1. The molecule has 24 heavy (non-hydrogen) atoms. The van der Waals surface area contributed by atoms with Crippen molar-refractivity contribution in [2.45, 2.75) is 39.7 Å². The molecule has 0 spiro atoms. The zero-order valence-electron chi connectivity index (χ0n) is 15.1. The third-order valence-corrected chi connectivity index (χ3v) is 5.04. The Bertz CT molecular complexity index is 683. The molecule has 0 amide bonds. The fourth-order valence-electron chi connectivity index (χ4n) is 3.66. The molecule has 2 aromatic heterocycles. The molecule has 1 aliphatic rings. The zero-order valence-corrected chi connectivity index (χ0v) is 15.1. The molecule has 3 heterocycles. The largest absolute Gasteiger partial charge is 0.368 e. The maximum Gasteiger partial charge on any atom is 0.130 e. The number of likely N-dealkylation sites (tertiary alicyclic amines) is 1. The molecular formula is C19H27N5. The first-order chi connectivity index (χ1) is 11.5. The first-order valence-electron chi connectivity index (χ1n) is 8.66. The van der Waals surface area contributed by atoms with Gasteiger partial charge in [-0.2, -0.15) is 0 Å². The fourth-order valence-corrected chi connectivity index (χ4v) is 3.66. The average Bonchev–Trinajstić information content (AvgIpc) is 2.54. The molecule has 0 aliphatic carbocycles. The minimum absolute atomic E-state index is 0.314. The Kier molecular flexibility index (Phi) is 4.81. The van der Waals surface area contributed by atoms with E-state index in [-0.39, 0.29) is 0 Å². The van der Waals surface area contributed by atoms with E-state index < -0.39 is 0 Å². The number of nitrogens with one attached hydrogen (secondary N) is 1. The average molecular weight is 325 g/mol. The molecule has 1 N–H and O–H groups in total. The Hall–Kier alpha value is -2.01. The topological polar surface area (TPSA) is 53.9 Å². The first kappa shape index (κ1) is 16.8. The van der Waals surface area contributed by atoms with Crippen molar-refractivity contribution >= 4 is 5.82 Å². The summed E-state index contributed by atoms with van der Waals surface area (Å²) >= 11 is 0. The van der Waals surface area contributed by atoms with E-state index in [0.717, 1.165) is 29.4 Å². The van der Waals surface area contributed by atoms with E-state index in [1.807, 2.05) is 31.3 Å². The monoisotopic (exact) mass is 325 g/mol. The van der Waals surface area contributed by atoms with Crippen molar-refractivity contribution in [3.63, 3.8) is 0 Å². The third-order valence-electron chi connectivity index (χ3n) is 5.04. The molecule has 5 heteroatoms. The van der Waals surface area contributed by atoms with E-state index in [9.17, 15) is 0 Å². The van der Waals surface area contributed by atoms with Crippen LogP contribution in [0.3, 0.4) is 0 Å². The molecule has 1 saturated heterocycles. The van der Waals surface area contributed by atoms with Crippen LogP contribution in [-0.2, 0) is 0 Å². The highest BCUT2D eigenvalue weighted by Gasteiger charge is 2.35. The molecule has 1 atom stereocenters. The van der Waals surface area contributed by atoms with Gasteiger partial charge < -0.3 is 10.2 Å². The van der Waals surface area contributed by atoms with E-state index in [2.05, 4.69) is 46.1 Å². The highest BCUT2D eigenvalue weighted by atomic mass is 15.2. The van der Waals surface area contributed by atoms with Crippen LogP contribution in [0.4, 0.5) is 5.82 Å². The van der Waals surface area contributed by atoms with Gasteiger partial charge in [0.1, 0.15) is 11.6 Å². The number of hydrogen-bond donors (Lipinski definition) is 1. The number of likely N-dealkylation sites (N-methyl/N-ethyl adjacent to an activating group) is 1. The van der Waals surface area contributed by atoms with Crippen LogP contribution in [0.5, 0.6) is 0 Å². The van der Waals surface area contributed by atoms with E-state index in [4.69, 9.17) is 0 Å². The van der Waals surface area contributed by atoms with Gasteiger partial charge in [-0.05, 0) is 50.9 Å². The second-order valence-corrected chi connectivity index (χ2v) is 7.40.